The Labute approximate surface area is 187 Å². The number of hydrogen-bond acceptors (Lipinski definition) is 2. The van der Waals surface area contributed by atoms with Crippen molar-refractivity contribution in [3.8, 4) is 29.2 Å². The molecule has 4 rings (SSSR count). The summed E-state index contributed by atoms with van der Waals surface area (Å²) in [5.74, 6) is 3.62. The normalized spacial score (nSPS) is 11.1. The summed E-state index contributed by atoms with van der Waals surface area (Å²) in [5.41, 5.74) is 3.53. The number of fused-ring (bicyclic) bond motifs is 4. The van der Waals surface area contributed by atoms with Gasteiger partial charge < -0.3 is 9.84 Å². The zero-order valence-electron chi connectivity index (χ0n) is 15.1. The van der Waals surface area contributed by atoms with Crippen LogP contribution in [-0.4, -0.2) is 19.2 Å². The van der Waals surface area contributed by atoms with Crippen LogP contribution in [-0.2, 0) is 24.0 Å². The first-order valence-electron chi connectivity index (χ1n) is 7.88. The van der Waals surface area contributed by atoms with Crippen LogP contribution in [0.1, 0.15) is 33.3 Å². The second-order valence-corrected chi connectivity index (χ2v) is 6.90. The van der Waals surface area contributed by atoms with Crippen molar-refractivity contribution in [2.45, 2.75) is 33.1 Å². The number of ether oxygens (including phenoxy) is 1. The van der Waals surface area contributed by atoms with E-state index < -0.39 is 0 Å². The Bertz CT molecular complexity index is 1060. The molecule has 0 aliphatic carbocycles. The molecule has 0 aliphatic rings. The van der Waals surface area contributed by atoms with Crippen LogP contribution in [0.5, 0.6) is 11.5 Å². The minimum atomic E-state index is -0.218. The molecule has 0 saturated carbocycles. The van der Waals surface area contributed by atoms with Gasteiger partial charge in [-0.15, -0.1) is 14.1 Å². The Morgan fingerprint density at radius 1 is 1.04 bits per heavy atom. The van der Waals surface area contributed by atoms with Crippen LogP contribution < -0.4 is 4.74 Å². The van der Waals surface area contributed by atoms with Crippen LogP contribution in [0.3, 0.4) is 0 Å². The van der Waals surface area contributed by atoms with Crippen molar-refractivity contribution in [2.75, 3.05) is 0 Å². The smallest absolute Gasteiger partial charge is 0.147 e. The van der Waals surface area contributed by atoms with Gasteiger partial charge in [0.2, 0.25) is 0 Å². The van der Waals surface area contributed by atoms with Crippen molar-refractivity contribution in [1.29, 1.82) is 0 Å². The van der Waals surface area contributed by atoms with Gasteiger partial charge in [0.15, 0.2) is 0 Å². The SMILES string of the molecule is CC#COc1cc(-n2n3c4ccccc4n23)c(O)c(C(C)(C)C)c1.[U].[V]. The maximum absolute atomic E-state index is 10.8. The molecular weight excluding hydrogens is 591 g/mol. The van der Waals surface area contributed by atoms with Gasteiger partial charge in [-0.05, 0) is 23.6 Å². The minimum absolute atomic E-state index is 0. The first-order chi connectivity index (χ1) is 11.4. The van der Waals surface area contributed by atoms with Gasteiger partial charge in [0.25, 0.3) is 0 Å². The Balaban J connectivity index is 0.00000121. The first kappa shape index (κ1) is 20.9. The predicted molar refractivity (Wildman–Crippen MR) is 93.3 cm³/mol. The van der Waals surface area contributed by atoms with E-state index in [1.807, 2.05) is 38.3 Å². The number of nitrogens with zero attached hydrogens (tertiary/aromatic N) is 3. The van der Waals surface area contributed by atoms with Crippen LogP contribution in [0.2, 0.25) is 0 Å². The fraction of sp³-hybridized carbons (Fsp3) is 0.263. The molecule has 2 heterocycles. The van der Waals surface area contributed by atoms with Gasteiger partial charge in [-0.3, -0.25) is 0 Å². The molecule has 7 heteroatoms. The Morgan fingerprint density at radius 3 is 2.12 bits per heavy atom. The van der Waals surface area contributed by atoms with E-state index >= 15 is 0 Å². The summed E-state index contributed by atoms with van der Waals surface area (Å²) >= 11 is 0. The van der Waals surface area contributed by atoms with Crippen molar-refractivity contribution in [2.24, 2.45) is 0 Å². The molecule has 4 aromatic rings. The Kier molecular flexibility index (Phi) is 5.91. The molecule has 0 bridgehead atoms. The van der Waals surface area contributed by atoms with Gasteiger partial charge >= 0.3 is 0 Å². The molecular formula is C19H19N3O2UV. The van der Waals surface area contributed by atoms with E-state index in [2.05, 4.69) is 44.9 Å². The second-order valence-electron chi connectivity index (χ2n) is 6.90. The number of phenolic OH excluding ortho intramolecular Hbond substituents is 1. The molecule has 0 amide bonds. The number of aromatic nitrogens is 3. The molecule has 2 aromatic heterocycles. The van der Waals surface area contributed by atoms with E-state index in [4.69, 9.17) is 4.74 Å². The Morgan fingerprint density at radius 2 is 1.62 bits per heavy atom. The average Bonchev–Trinajstić information content (AvgIpc) is 3.19. The van der Waals surface area contributed by atoms with Crippen molar-refractivity contribution in [3.63, 3.8) is 0 Å². The van der Waals surface area contributed by atoms with Gasteiger partial charge in [-0.2, -0.15) is 0 Å². The topological polar surface area (TPSA) is 43.2 Å². The summed E-state index contributed by atoms with van der Waals surface area (Å²) in [6.45, 7) is 7.92. The first-order valence-corrected chi connectivity index (χ1v) is 7.88. The zero-order valence-corrected chi connectivity index (χ0v) is 20.7. The molecule has 0 aliphatic heterocycles. The van der Waals surface area contributed by atoms with E-state index in [1.54, 1.807) is 6.92 Å². The third-order valence-electron chi connectivity index (χ3n) is 4.18. The number of rotatable bonds is 2. The summed E-state index contributed by atoms with van der Waals surface area (Å²) in [4.78, 5) is 1.93. The van der Waals surface area contributed by atoms with E-state index in [-0.39, 0.29) is 60.8 Å². The number of aromatic hydroxyl groups is 1. The summed E-state index contributed by atoms with van der Waals surface area (Å²) in [5, 5.41) is 10.8. The molecule has 2 aromatic carbocycles. The summed E-state index contributed by atoms with van der Waals surface area (Å²) < 4.78 is 9.51. The number of benzene rings is 2. The molecule has 1 radical (unpaired) electrons. The molecule has 0 spiro atoms. The van der Waals surface area contributed by atoms with Crippen molar-refractivity contribution in [1.82, 2.24) is 14.1 Å². The van der Waals surface area contributed by atoms with E-state index in [0.717, 1.165) is 16.6 Å². The quantitative estimate of drug-likeness (QED) is 0.352. The van der Waals surface area contributed by atoms with Gasteiger partial charge in [-0.25, -0.2) is 0 Å². The molecule has 1 N–H and O–H groups in total. The minimum Gasteiger partial charge on any atom is -0.505 e. The maximum Gasteiger partial charge on any atom is 0.147 e. The fourth-order valence-corrected chi connectivity index (χ4v) is 2.98. The largest absolute Gasteiger partial charge is 0.505 e. The molecule has 131 valence electrons. The van der Waals surface area contributed by atoms with Gasteiger partial charge in [0.1, 0.15) is 34.3 Å². The van der Waals surface area contributed by atoms with Crippen LogP contribution in [0, 0.1) is 43.1 Å². The van der Waals surface area contributed by atoms with Crippen LogP contribution in [0.25, 0.3) is 16.7 Å². The van der Waals surface area contributed by atoms with Crippen molar-refractivity contribution < 1.29 is 59.5 Å². The molecule has 5 nitrogen and oxygen atoms in total. The van der Waals surface area contributed by atoms with Crippen LogP contribution in [0.15, 0.2) is 36.4 Å². The van der Waals surface area contributed by atoms with Crippen LogP contribution in [0.4, 0.5) is 0 Å². The van der Waals surface area contributed by atoms with Gasteiger partial charge in [-0.1, -0.05) is 38.8 Å². The average molecular weight is 610 g/mol. The van der Waals surface area contributed by atoms with Gasteiger partial charge in [0, 0.05) is 68.2 Å². The standard InChI is InChI=1S/C19H19N3O2.U.V/c1-5-10-24-13-11-14(19(2,3)4)18(23)17(12-13)22-20-15-8-6-7-9-16(15)21(20)22;;/h6-9,11-12,23H,1-4H3;;. The molecule has 0 atom stereocenters. The Hall–Kier alpha value is -1.36. The van der Waals surface area contributed by atoms with E-state index in [9.17, 15) is 5.11 Å². The molecule has 0 saturated heterocycles. The summed E-state index contributed by atoms with van der Waals surface area (Å²) in [6, 6.07) is 11.8. The fourth-order valence-electron chi connectivity index (χ4n) is 2.98. The third kappa shape index (κ3) is 3.19. The predicted octanol–water partition coefficient (Wildman–Crippen LogP) is 3.78. The van der Waals surface area contributed by atoms with E-state index in [1.165, 1.54) is 0 Å². The number of para-hydroxylation sites is 2. The summed E-state index contributed by atoms with van der Waals surface area (Å²) in [6.07, 6.45) is 2.63. The van der Waals surface area contributed by atoms with Crippen molar-refractivity contribution >= 4 is 11.0 Å². The third-order valence-corrected chi connectivity index (χ3v) is 4.18. The second kappa shape index (κ2) is 7.33. The number of hydrogen-bond donors (Lipinski definition) is 1. The maximum atomic E-state index is 10.8. The number of phenols is 1. The van der Waals surface area contributed by atoms with Crippen LogP contribution >= 0.6 is 0 Å². The molecule has 0 unspecified atom stereocenters. The van der Waals surface area contributed by atoms with Gasteiger partial charge in [0.05, 0.1) is 0 Å². The van der Waals surface area contributed by atoms with E-state index in [0.29, 0.717) is 11.4 Å². The monoisotopic (exact) mass is 610 g/mol. The molecule has 0 fully saturated rings. The molecule has 26 heavy (non-hydrogen) atoms. The zero-order chi connectivity index (χ0) is 17.1. The van der Waals surface area contributed by atoms with Crippen molar-refractivity contribution in [3.05, 3.63) is 42.0 Å². The summed E-state index contributed by atoms with van der Waals surface area (Å²) in [7, 11) is 0.